The van der Waals surface area contributed by atoms with Gasteiger partial charge >= 0.3 is 0 Å². The monoisotopic (exact) mass is 279 g/mol. The molecule has 0 spiro atoms. The molecule has 118 valence electrons. The molecule has 3 unspecified atom stereocenters. The maximum Gasteiger partial charge on any atom is 0.0175 e. The molecule has 0 aromatic carbocycles. The molecule has 3 atom stereocenters. The summed E-state index contributed by atoms with van der Waals surface area (Å²) >= 11 is 0. The summed E-state index contributed by atoms with van der Waals surface area (Å²) in [6.07, 6.45) is 9.82. The topological polar surface area (TPSA) is 12.0 Å². The van der Waals surface area contributed by atoms with Crippen molar-refractivity contribution in [3.8, 4) is 0 Å². The lowest BCUT2D eigenvalue weighted by Crippen LogP contribution is -2.52. The van der Waals surface area contributed by atoms with Crippen LogP contribution in [0.2, 0.25) is 0 Å². The lowest BCUT2D eigenvalue weighted by Gasteiger charge is -2.44. The first kappa shape index (κ1) is 16.3. The first-order valence-electron chi connectivity index (χ1n) is 8.95. The van der Waals surface area contributed by atoms with Gasteiger partial charge in [-0.3, -0.25) is 0 Å². The van der Waals surface area contributed by atoms with Gasteiger partial charge in [0.25, 0.3) is 0 Å². The van der Waals surface area contributed by atoms with Crippen molar-refractivity contribution in [1.29, 1.82) is 0 Å². The Bertz CT molecular complexity index is 326. The van der Waals surface area contributed by atoms with Crippen LogP contribution in [0.3, 0.4) is 0 Å². The second-order valence-electron chi connectivity index (χ2n) is 9.35. The van der Waals surface area contributed by atoms with Crippen LogP contribution in [-0.4, -0.2) is 12.6 Å². The third kappa shape index (κ3) is 3.08. The average Bonchev–Trinajstić information content (AvgIpc) is 2.79. The van der Waals surface area contributed by atoms with Crippen molar-refractivity contribution in [2.24, 2.45) is 22.2 Å². The van der Waals surface area contributed by atoms with Crippen LogP contribution in [0.5, 0.6) is 0 Å². The molecule has 0 aromatic heterocycles. The van der Waals surface area contributed by atoms with E-state index in [9.17, 15) is 0 Å². The van der Waals surface area contributed by atoms with Crippen molar-refractivity contribution in [1.82, 2.24) is 5.32 Å². The van der Waals surface area contributed by atoms with Gasteiger partial charge in [0.05, 0.1) is 0 Å². The Balaban J connectivity index is 1.90. The van der Waals surface area contributed by atoms with E-state index < -0.39 is 0 Å². The Kier molecular flexibility index (Phi) is 4.60. The zero-order valence-corrected chi connectivity index (χ0v) is 14.8. The van der Waals surface area contributed by atoms with Crippen LogP contribution in [0.1, 0.15) is 86.5 Å². The fraction of sp³-hybridized carbons (Fsp3) is 1.00. The van der Waals surface area contributed by atoms with Gasteiger partial charge in [-0.15, -0.1) is 0 Å². The normalized spacial score (nSPS) is 35.7. The Morgan fingerprint density at radius 3 is 2.40 bits per heavy atom. The first-order valence-corrected chi connectivity index (χ1v) is 8.95. The minimum Gasteiger partial charge on any atom is -0.312 e. The summed E-state index contributed by atoms with van der Waals surface area (Å²) in [6, 6.07) is 0.721. The summed E-state index contributed by atoms with van der Waals surface area (Å²) < 4.78 is 0. The smallest absolute Gasteiger partial charge is 0.0175 e. The molecule has 2 bridgehead atoms. The molecule has 2 aliphatic rings. The third-order valence-electron chi connectivity index (χ3n) is 6.51. The zero-order valence-electron chi connectivity index (χ0n) is 14.8. The lowest BCUT2D eigenvalue weighted by molar-refractivity contribution is 0.0971. The molecule has 0 radical (unpaired) electrons. The van der Waals surface area contributed by atoms with Crippen molar-refractivity contribution in [3.63, 3.8) is 0 Å². The minimum absolute atomic E-state index is 0.448. The van der Waals surface area contributed by atoms with Gasteiger partial charge in [0.2, 0.25) is 0 Å². The van der Waals surface area contributed by atoms with E-state index in [4.69, 9.17) is 0 Å². The number of unbranched alkanes of at least 4 members (excludes halogenated alkanes) is 2. The van der Waals surface area contributed by atoms with Gasteiger partial charge < -0.3 is 5.32 Å². The van der Waals surface area contributed by atoms with Gasteiger partial charge in [-0.2, -0.15) is 0 Å². The molecule has 1 nitrogen and oxygen atoms in total. The van der Waals surface area contributed by atoms with Crippen LogP contribution >= 0.6 is 0 Å². The van der Waals surface area contributed by atoms with Gasteiger partial charge in [-0.1, -0.05) is 60.8 Å². The van der Waals surface area contributed by atoms with E-state index in [-0.39, 0.29) is 0 Å². The summed E-state index contributed by atoms with van der Waals surface area (Å²) in [6.45, 7) is 15.9. The van der Waals surface area contributed by atoms with Gasteiger partial charge in [0, 0.05) is 12.6 Å². The molecule has 1 N–H and O–H groups in total. The van der Waals surface area contributed by atoms with Crippen molar-refractivity contribution >= 4 is 0 Å². The van der Waals surface area contributed by atoms with Gasteiger partial charge in [-0.25, -0.2) is 0 Å². The number of rotatable bonds is 7. The molecule has 2 saturated carbocycles. The standard InChI is InChI=1S/C19H37N/c1-7-8-9-11-17(2,3)14-20-16-18(4,5)15-10-12-19(16,6)13-15/h15-16,20H,7-14H2,1-6H3. The van der Waals surface area contributed by atoms with E-state index in [0.717, 1.165) is 12.0 Å². The van der Waals surface area contributed by atoms with Gasteiger partial charge in [-0.05, 0) is 47.8 Å². The lowest BCUT2D eigenvalue weighted by atomic mass is 9.68. The number of hydrogen-bond donors (Lipinski definition) is 1. The van der Waals surface area contributed by atoms with E-state index in [0.29, 0.717) is 16.2 Å². The second kappa shape index (κ2) is 5.63. The molecular formula is C19H37N. The molecule has 0 aromatic rings. The number of hydrogen-bond acceptors (Lipinski definition) is 1. The van der Waals surface area contributed by atoms with Crippen molar-refractivity contribution in [3.05, 3.63) is 0 Å². The molecular weight excluding hydrogens is 242 g/mol. The van der Waals surface area contributed by atoms with Gasteiger partial charge in [0.1, 0.15) is 0 Å². The summed E-state index contributed by atoms with van der Waals surface area (Å²) in [5, 5.41) is 4.01. The quantitative estimate of drug-likeness (QED) is 0.615. The highest BCUT2D eigenvalue weighted by molar-refractivity contribution is 5.12. The Hall–Kier alpha value is -0.0400. The summed E-state index contributed by atoms with van der Waals surface area (Å²) in [4.78, 5) is 0. The fourth-order valence-corrected chi connectivity index (χ4v) is 5.13. The van der Waals surface area contributed by atoms with E-state index in [1.165, 1.54) is 51.5 Å². The predicted octanol–water partition coefficient (Wildman–Crippen LogP) is 5.40. The Morgan fingerprint density at radius 2 is 1.85 bits per heavy atom. The van der Waals surface area contributed by atoms with E-state index >= 15 is 0 Å². The van der Waals surface area contributed by atoms with Crippen LogP contribution in [-0.2, 0) is 0 Å². The highest BCUT2D eigenvalue weighted by atomic mass is 15.0. The SMILES string of the molecule is CCCCCC(C)(C)CNC1C2(C)CCC(C2)C1(C)C. The molecule has 20 heavy (non-hydrogen) atoms. The van der Waals surface area contributed by atoms with Crippen LogP contribution in [0.15, 0.2) is 0 Å². The second-order valence-corrected chi connectivity index (χ2v) is 9.35. The summed E-state index contributed by atoms with van der Waals surface area (Å²) in [5.41, 5.74) is 1.50. The zero-order chi connectivity index (χ0) is 15.0. The minimum atomic E-state index is 0.448. The largest absolute Gasteiger partial charge is 0.312 e. The summed E-state index contributed by atoms with van der Waals surface area (Å²) in [5.74, 6) is 0.952. The first-order chi connectivity index (χ1) is 9.21. The van der Waals surface area contributed by atoms with Crippen molar-refractivity contribution in [2.75, 3.05) is 6.54 Å². The average molecular weight is 280 g/mol. The molecule has 0 heterocycles. The number of fused-ring (bicyclic) bond motifs is 2. The van der Waals surface area contributed by atoms with Crippen LogP contribution < -0.4 is 5.32 Å². The third-order valence-corrected chi connectivity index (χ3v) is 6.51. The molecule has 0 saturated heterocycles. The predicted molar refractivity (Wildman–Crippen MR) is 88.9 cm³/mol. The maximum atomic E-state index is 4.01. The van der Waals surface area contributed by atoms with Gasteiger partial charge in [0.15, 0.2) is 0 Å². The van der Waals surface area contributed by atoms with E-state index in [1.807, 2.05) is 0 Å². The highest BCUT2D eigenvalue weighted by Crippen LogP contribution is 2.62. The maximum absolute atomic E-state index is 4.01. The van der Waals surface area contributed by atoms with E-state index in [2.05, 4.69) is 46.9 Å². The van der Waals surface area contributed by atoms with Crippen LogP contribution in [0, 0.1) is 22.2 Å². The molecule has 0 amide bonds. The molecule has 0 aliphatic heterocycles. The van der Waals surface area contributed by atoms with Crippen LogP contribution in [0.25, 0.3) is 0 Å². The molecule has 2 rings (SSSR count). The van der Waals surface area contributed by atoms with Crippen LogP contribution in [0.4, 0.5) is 0 Å². The Labute approximate surface area is 127 Å². The van der Waals surface area contributed by atoms with Crippen molar-refractivity contribution < 1.29 is 0 Å². The molecule has 2 fully saturated rings. The highest BCUT2D eigenvalue weighted by Gasteiger charge is 2.59. The number of nitrogens with one attached hydrogen (secondary N) is 1. The molecule has 1 heteroatoms. The summed E-state index contributed by atoms with van der Waals surface area (Å²) in [7, 11) is 0. The van der Waals surface area contributed by atoms with E-state index in [1.54, 1.807) is 0 Å². The van der Waals surface area contributed by atoms with Crippen molar-refractivity contribution in [2.45, 2.75) is 92.5 Å². The fourth-order valence-electron chi connectivity index (χ4n) is 5.13. The Morgan fingerprint density at radius 1 is 1.15 bits per heavy atom. The molecule has 2 aliphatic carbocycles.